The number of nitrogens with one attached hydrogen (secondary N) is 1. The SMILES string of the molecule is CCN1C(=O)N[C@H](c2cccc(Oc3ccccc3)c2)C2=C1CN([C@@H](C(=O)N1CCN(C)CC1)c1ccccc1)C2=O. The molecule has 4 amide bonds. The van der Waals surface area contributed by atoms with Crippen LogP contribution in [0.25, 0.3) is 0 Å². The predicted molar refractivity (Wildman–Crippen MR) is 159 cm³/mol. The van der Waals surface area contributed by atoms with Gasteiger partial charge in [-0.1, -0.05) is 60.7 Å². The predicted octanol–water partition coefficient (Wildman–Crippen LogP) is 4.18. The van der Waals surface area contributed by atoms with Crippen molar-refractivity contribution in [2.45, 2.75) is 19.0 Å². The average Bonchev–Trinajstić information content (AvgIpc) is 3.34. The van der Waals surface area contributed by atoms with Crippen LogP contribution in [0.5, 0.6) is 11.5 Å². The number of likely N-dealkylation sites (N-methyl/N-ethyl adjacent to an activating group) is 2. The molecular formula is C33H35N5O4. The van der Waals surface area contributed by atoms with Crippen LogP contribution in [0, 0.1) is 0 Å². The molecule has 3 aromatic rings. The van der Waals surface area contributed by atoms with Gasteiger partial charge in [-0.3, -0.25) is 14.5 Å². The summed E-state index contributed by atoms with van der Waals surface area (Å²) < 4.78 is 6.05. The van der Waals surface area contributed by atoms with Gasteiger partial charge in [0.05, 0.1) is 23.9 Å². The molecular weight excluding hydrogens is 530 g/mol. The second kappa shape index (κ2) is 11.7. The van der Waals surface area contributed by atoms with Crippen LogP contribution in [-0.2, 0) is 9.59 Å². The number of piperazine rings is 1. The van der Waals surface area contributed by atoms with Crippen molar-refractivity contribution in [3.63, 3.8) is 0 Å². The van der Waals surface area contributed by atoms with Gasteiger partial charge in [0.1, 0.15) is 17.5 Å². The largest absolute Gasteiger partial charge is 0.457 e. The number of ether oxygens (including phenoxy) is 1. The Morgan fingerprint density at radius 2 is 1.57 bits per heavy atom. The number of nitrogens with zero attached hydrogens (tertiary/aromatic N) is 4. The minimum atomic E-state index is -0.796. The molecule has 9 heteroatoms. The molecule has 0 aliphatic carbocycles. The van der Waals surface area contributed by atoms with E-state index in [1.807, 2.05) is 104 Å². The highest BCUT2D eigenvalue weighted by molar-refractivity contribution is 6.04. The molecule has 1 fully saturated rings. The van der Waals surface area contributed by atoms with E-state index in [0.29, 0.717) is 42.4 Å². The fourth-order valence-electron chi connectivity index (χ4n) is 5.98. The summed E-state index contributed by atoms with van der Waals surface area (Å²) in [4.78, 5) is 49.1. The van der Waals surface area contributed by atoms with Crippen molar-refractivity contribution in [1.82, 2.24) is 24.9 Å². The number of urea groups is 1. The number of carbonyl (C=O) groups is 3. The number of hydrogen-bond donors (Lipinski definition) is 1. The Hall–Kier alpha value is -4.63. The van der Waals surface area contributed by atoms with Crippen LogP contribution >= 0.6 is 0 Å². The highest BCUT2D eigenvalue weighted by Gasteiger charge is 2.48. The second-order valence-corrected chi connectivity index (χ2v) is 10.8. The summed E-state index contributed by atoms with van der Waals surface area (Å²) in [6, 6.07) is 24.6. The zero-order chi connectivity index (χ0) is 29.2. The number of amides is 4. The maximum atomic E-state index is 14.4. The van der Waals surface area contributed by atoms with Crippen molar-refractivity contribution in [2.24, 2.45) is 0 Å². The first-order chi connectivity index (χ1) is 20.4. The third-order valence-corrected chi connectivity index (χ3v) is 8.21. The Bertz CT molecular complexity index is 1500. The van der Waals surface area contributed by atoms with Gasteiger partial charge in [0, 0.05) is 32.7 Å². The van der Waals surface area contributed by atoms with Crippen molar-refractivity contribution in [3.05, 3.63) is 107 Å². The van der Waals surface area contributed by atoms with Crippen LogP contribution in [0.1, 0.15) is 30.1 Å². The van der Waals surface area contributed by atoms with Gasteiger partial charge < -0.3 is 24.8 Å². The lowest BCUT2D eigenvalue weighted by Crippen LogP contribution is -2.51. The Morgan fingerprint density at radius 1 is 0.905 bits per heavy atom. The molecule has 3 aromatic carbocycles. The number of para-hydroxylation sites is 1. The van der Waals surface area contributed by atoms with Crippen LogP contribution in [-0.4, -0.2) is 83.8 Å². The van der Waals surface area contributed by atoms with Gasteiger partial charge >= 0.3 is 6.03 Å². The Morgan fingerprint density at radius 3 is 2.26 bits per heavy atom. The number of benzene rings is 3. The first-order valence-electron chi connectivity index (χ1n) is 14.4. The van der Waals surface area contributed by atoms with Crippen LogP contribution in [0.15, 0.2) is 96.2 Å². The Labute approximate surface area is 245 Å². The quantitative estimate of drug-likeness (QED) is 0.465. The highest BCUT2D eigenvalue weighted by atomic mass is 16.5. The smallest absolute Gasteiger partial charge is 0.322 e. The third kappa shape index (κ3) is 5.23. The fourth-order valence-corrected chi connectivity index (χ4v) is 5.98. The van der Waals surface area contributed by atoms with Gasteiger partial charge in [-0.15, -0.1) is 0 Å². The number of rotatable bonds is 7. The lowest BCUT2D eigenvalue weighted by molar-refractivity contribution is -0.144. The summed E-state index contributed by atoms with van der Waals surface area (Å²) in [7, 11) is 2.04. The number of carbonyl (C=O) groups excluding carboxylic acids is 3. The van der Waals surface area contributed by atoms with Gasteiger partial charge in [0.2, 0.25) is 5.91 Å². The molecule has 1 saturated heterocycles. The topological polar surface area (TPSA) is 85.4 Å². The van der Waals surface area contributed by atoms with Gasteiger partial charge in [-0.05, 0) is 49.4 Å². The molecule has 6 rings (SSSR count). The summed E-state index contributed by atoms with van der Waals surface area (Å²) in [5.74, 6) is 0.942. The molecule has 0 spiro atoms. The minimum Gasteiger partial charge on any atom is -0.457 e. The Balaban J connectivity index is 1.35. The van der Waals surface area contributed by atoms with Crippen molar-refractivity contribution in [2.75, 3.05) is 46.3 Å². The molecule has 216 valence electrons. The molecule has 0 aromatic heterocycles. The van der Waals surface area contributed by atoms with E-state index < -0.39 is 12.1 Å². The van der Waals surface area contributed by atoms with E-state index >= 15 is 0 Å². The lowest BCUT2D eigenvalue weighted by Gasteiger charge is -2.37. The molecule has 3 heterocycles. The van der Waals surface area contributed by atoms with Gasteiger partial charge in [-0.25, -0.2) is 4.79 Å². The lowest BCUT2D eigenvalue weighted by atomic mass is 9.95. The van der Waals surface area contributed by atoms with Gasteiger partial charge in [-0.2, -0.15) is 0 Å². The third-order valence-electron chi connectivity index (χ3n) is 8.21. The zero-order valence-corrected chi connectivity index (χ0v) is 23.9. The van der Waals surface area contributed by atoms with Crippen molar-refractivity contribution in [1.29, 1.82) is 0 Å². The van der Waals surface area contributed by atoms with E-state index in [1.165, 1.54) is 0 Å². The van der Waals surface area contributed by atoms with Crippen molar-refractivity contribution in [3.8, 4) is 11.5 Å². The Kier molecular flexibility index (Phi) is 7.67. The van der Waals surface area contributed by atoms with Crippen LogP contribution in [0.2, 0.25) is 0 Å². The maximum absolute atomic E-state index is 14.4. The first kappa shape index (κ1) is 27.5. The zero-order valence-electron chi connectivity index (χ0n) is 23.9. The summed E-state index contributed by atoms with van der Waals surface area (Å²) >= 11 is 0. The molecule has 42 heavy (non-hydrogen) atoms. The van der Waals surface area contributed by atoms with Gasteiger partial charge in [0.15, 0.2) is 0 Å². The maximum Gasteiger partial charge on any atom is 0.322 e. The van der Waals surface area contributed by atoms with E-state index in [0.717, 1.165) is 24.2 Å². The molecule has 0 unspecified atom stereocenters. The monoisotopic (exact) mass is 565 g/mol. The highest BCUT2D eigenvalue weighted by Crippen LogP contribution is 2.41. The van der Waals surface area contributed by atoms with E-state index in [-0.39, 0.29) is 24.4 Å². The molecule has 2 atom stereocenters. The number of hydrogen-bond acceptors (Lipinski definition) is 5. The van der Waals surface area contributed by atoms with E-state index in [1.54, 1.807) is 9.80 Å². The minimum absolute atomic E-state index is 0.0976. The second-order valence-electron chi connectivity index (χ2n) is 10.8. The first-order valence-corrected chi connectivity index (χ1v) is 14.4. The summed E-state index contributed by atoms with van der Waals surface area (Å²) in [5.41, 5.74) is 2.61. The summed E-state index contributed by atoms with van der Waals surface area (Å²) in [5, 5.41) is 3.05. The summed E-state index contributed by atoms with van der Waals surface area (Å²) in [6.07, 6.45) is 0. The normalized spacial score (nSPS) is 20.0. The molecule has 3 aliphatic rings. The van der Waals surface area contributed by atoms with Crippen LogP contribution < -0.4 is 10.1 Å². The van der Waals surface area contributed by atoms with Crippen LogP contribution in [0.4, 0.5) is 4.79 Å². The average molecular weight is 566 g/mol. The fraction of sp³-hybridized carbons (Fsp3) is 0.303. The standard InChI is InChI=1S/C33H35N5O4/c1-3-37-27-22-38(30(23-11-6-4-7-12-23)32(40)36-19-17-35(2)18-20-36)31(39)28(27)29(34-33(37)41)24-13-10-16-26(21-24)42-25-14-8-5-9-15-25/h4-16,21,29-30H,3,17-20,22H2,1-2H3,(H,34,41)/t29-,30-/m1/s1. The van der Waals surface area contributed by atoms with Crippen molar-refractivity contribution < 1.29 is 19.1 Å². The van der Waals surface area contributed by atoms with E-state index in [4.69, 9.17) is 4.74 Å². The van der Waals surface area contributed by atoms with E-state index in [9.17, 15) is 14.4 Å². The van der Waals surface area contributed by atoms with Crippen molar-refractivity contribution >= 4 is 17.8 Å². The molecule has 1 N–H and O–H groups in total. The van der Waals surface area contributed by atoms with Crippen LogP contribution in [0.3, 0.4) is 0 Å². The van der Waals surface area contributed by atoms with Gasteiger partial charge in [0.25, 0.3) is 5.91 Å². The van der Waals surface area contributed by atoms with E-state index in [2.05, 4.69) is 10.2 Å². The molecule has 0 saturated carbocycles. The molecule has 3 aliphatic heterocycles. The summed E-state index contributed by atoms with van der Waals surface area (Å²) in [6.45, 7) is 5.22. The molecule has 0 bridgehead atoms. The molecule has 9 nitrogen and oxygen atoms in total. The molecule has 0 radical (unpaired) electrons.